The first-order valence-electron chi connectivity index (χ1n) is 8.79. The van der Waals surface area contributed by atoms with Crippen LogP contribution in [0.1, 0.15) is 38.5 Å². The molecule has 0 bridgehead atoms. The first-order chi connectivity index (χ1) is 11.0. The fraction of sp³-hybridized carbons (Fsp3) is 0.824. The summed E-state index contributed by atoms with van der Waals surface area (Å²) in [5.41, 5.74) is 0. The molecule has 0 aliphatic heterocycles. The van der Waals surface area contributed by atoms with E-state index in [9.17, 15) is 4.79 Å². The molecule has 128 valence electrons. The average molecular weight is 319 g/mol. The van der Waals surface area contributed by atoms with Crippen LogP contribution in [0.15, 0.2) is 12.7 Å². The van der Waals surface area contributed by atoms with Crippen molar-refractivity contribution in [2.75, 3.05) is 21.1 Å². The first-order valence-corrected chi connectivity index (χ1v) is 8.79. The predicted octanol–water partition coefficient (Wildman–Crippen LogP) is 1.64. The minimum absolute atomic E-state index is 0.277. The van der Waals surface area contributed by atoms with Crippen LogP contribution in [0.3, 0.4) is 0 Å². The van der Waals surface area contributed by atoms with Crippen LogP contribution in [0.4, 0.5) is 0 Å². The van der Waals surface area contributed by atoms with Crippen LogP contribution >= 0.6 is 0 Å². The van der Waals surface area contributed by atoms with E-state index in [4.69, 9.17) is 0 Å². The van der Waals surface area contributed by atoms with Gasteiger partial charge < -0.3 is 9.80 Å². The van der Waals surface area contributed by atoms with Crippen molar-refractivity contribution in [2.24, 2.45) is 11.8 Å². The van der Waals surface area contributed by atoms with Crippen molar-refractivity contribution < 1.29 is 4.79 Å². The summed E-state index contributed by atoms with van der Waals surface area (Å²) in [5, 5.41) is 4.07. The Labute approximate surface area is 138 Å². The van der Waals surface area contributed by atoms with Gasteiger partial charge in [-0.1, -0.05) is 0 Å². The van der Waals surface area contributed by atoms with Gasteiger partial charge in [0.05, 0.1) is 0 Å². The summed E-state index contributed by atoms with van der Waals surface area (Å²) in [5.74, 6) is 1.91. The van der Waals surface area contributed by atoms with Gasteiger partial charge in [0.15, 0.2) is 0 Å². The Morgan fingerprint density at radius 1 is 1.13 bits per heavy atom. The lowest BCUT2D eigenvalue weighted by atomic mass is 10.0. The van der Waals surface area contributed by atoms with Crippen molar-refractivity contribution in [1.82, 2.24) is 24.6 Å². The second kappa shape index (κ2) is 6.99. The molecule has 6 heteroatoms. The Morgan fingerprint density at radius 2 is 1.78 bits per heavy atom. The molecular weight excluding hydrogens is 290 g/mol. The number of carbonyl (C=O) groups excluding carboxylic acids is 1. The molecule has 4 atom stereocenters. The summed E-state index contributed by atoms with van der Waals surface area (Å²) in [6.45, 7) is 0.764. The predicted molar refractivity (Wildman–Crippen MR) is 88.7 cm³/mol. The summed E-state index contributed by atoms with van der Waals surface area (Å²) in [7, 11) is 6.37. The Bertz CT molecular complexity index is 501. The van der Waals surface area contributed by atoms with E-state index in [2.05, 4.69) is 29.1 Å². The molecule has 6 nitrogen and oxygen atoms in total. The second-order valence-corrected chi connectivity index (χ2v) is 7.50. The van der Waals surface area contributed by atoms with Crippen LogP contribution in [0.2, 0.25) is 0 Å². The van der Waals surface area contributed by atoms with Crippen LogP contribution in [-0.2, 0) is 11.3 Å². The van der Waals surface area contributed by atoms with E-state index < -0.39 is 0 Å². The maximum absolute atomic E-state index is 12.4. The molecule has 2 fully saturated rings. The SMILES string of the molecule is CN(C)C1C[C@@H]2CC(N(C)C(=O)CCCn3cncn3)C[C@@H]2C1. The fourth-order valence-electron chi connectivity index (χ4n) is 4.41. The molecule has 0 N–H and O–H groups in total. The third-order valence-electron chi connectivity index (χ3n) is 5.88. The van der Waals surface area contributed by atoms with E-state index in [0.717, 1.165) is 30.8 Å². The van der Waals surface area contributed by atoms with Crippen molar-refractivity contribution in [3.63, 3.8) is 0 Å². The number of aromatic nitrogens is 3. The van der Waals surface area contributed by atoms with Gasteiger partial charge in [-0.3, -0.25) is 9.48 Å². The molecule has 0 aromatic carbocycles. The molecule has 2 aliphatic rings. The smallest absolute Gasteiger partial charge is 0.222 e. The van der Waals surface area contributed by atoms with E-state index in [1.54, 1.807) is 11.0 Å². The van der Waals surface area contributed by atoms with Crippen LogP contribution in [0.25, 0.3) is 0 Å². The normalized spacial score (nSPS) is 29.9. The number of hydrogen-bond acceptors (Lipinski definition) is 4. The van der Waals surface area contributed by atoms with Crippen LogP contribution in [0.5, 0.6) is 0 Å². The average Bonchev–Trinajstić information content (AvgIpc) is 3.21. The van der Waals surface area contributed by atoms with Crippen molar-refractivity contribution >= 4 is 5.91 Å². The summed E-state index contributed by atoms with van der Waals surface area (Å²) in [4.78, 5) is 20.7. The Hall–Kier alpha value is -1.43. The second-order valence-electron chi connectivity index (χ2n) is 7.50. The maximum Gasteiger partial charge on any atom is 0.222 e. The zero-order chi connectivity index (χ0) is 16.4. The molecule has 3 rings (SSSR count). The number of aryl methyl sites for hydroxylation is 1. The van der Waals surface area contributed by atoms with Crippen molar-refractivity contribution in [1.29, 1.82) is 0 Å². The minimum atomic E-state index is 0.277. The lowest BCUT2D eigenvalue weighted by Crippen LogP contribution is -2.36. The van der Waals surface area contributed by atoms with Gasteiger partial charge in [-0.2, -0.15) is 5.10 Å². The number of rotatable bonds is 6. The summed E-state index contributed by atoms with van der Waals surface area (Å²) in [6, 6.07) is 1.20. The molecule has 2 aliphatic carbocycles. The monoisotopic (exact) mass is 319 g/mol. The summed E-state index contributed by atoms with van der Waals surface area (Å²) < 4.78 is 1.79. The number of amides is 1. The topological polar surface area (TPSA) is 54.3 Å². The van der Waals surface area contributed by atoms with Crippen LogP contribution in [0, 0.1) is 11.8 Å². The van der Waals surface area contributed by atoms with E-state index in [-0.39, 0.29) is 5.91 Å². The summed E-state index contributed by atoms with van der Waals surface area (Å²) in [6.07, 6.45) is 9.67. The molecule has 1 amide bonds. The fourth-order valence-corrected chi connectivity index (χ4v) is 4.41. The molecule has 1 heterocycles. The van der Waals surface area contributed by atoms with Crippen molar-refractivity contribution in [3.8, 4) is 0 Å². The molecule has 23 heavy (non-hydrogen) atoms. The zero-order valence-electron chi connectivity index (χ0n) is 14.6. The molecule has 2 unspecified atom stereocenters. The van der Waals surface area contributed by atoms with Gasteiger partial charge in [-0.25, -0.2) is 4.98 Å². The zero-order valence-corrected chi connectivity index (χ0v) is 14.6. The standard InChI is InChI=1S/C17H29N5O/c1-20(2)15-7-13-9-16(10-14(13)8-15)21(3)17(23)5-4-6-22-12-18-11-19-22/h11-16H,4-10H2,1-3H3/t13-,14+,15?,16?. The van der Waals surface area contributed by atoms with Gasteiger partial charge >= 0.3 is 0 Å². The highest BCUT2D eigenvalue weighted by Crippen LogP contribution is 2.46. The number of fused-ring (bicyclic) bond motifs is 1. The largest absolute Gasteiger partial charge is 0.343 e. The van der Waals surface area contributed by atoms with Gasteiger partial charge in [-0.05, 0) is 58.0 Å². The Kier molecular flexibility index (Phi) is 4.99. The molecule has 1 aromatic rings. The first kappa shape index (κ1) is 16.4. The van der Waals surface area contributed by atoms with Crippen molar-refractivity contribution in [2.45, 2.75) is 57.2 Å². The molecule has 0 spiro atoms. The third-order valence-corrected chi connectivity index (χ3v) is 5.88. The van der Waals surface area contributed by atoms with Gasteiger partial charge in [0, 0.05) is 32.1 Å². The summed E-state index contributed by atoms with van der Waals surface area (Å²) >= 11 is 0. The molecular formula is C17H29N5O. The number of nitrogens with zero attached hydrogens (tertiary/aromatic N) is 5. The van der Waals surface area contributed by atoms with E-state index in [1.165, 1.54) is 32.0 Å². The minimum Gasteiger partial charge on any atom is -0.343 e. The molecule has 2 saturated carbocycles. The maximum atomic E-state index is 12.4. The van der Waals surface area contributed by atoms with E-state index in [0.29, 0.717) is 12.5 Å². The van der Waals surface area contributed by atoms with Gasteiger partial charge in [0.25, 0.3) is 0 Å². The Morgan fingerprint density at radius 3 is 2.35 bits per heavy atom. The van der Waals surface area contributed by atoms with Crippen LogP contribution in [-0.4, -0.2) is 63.7 Å². The highest BCUT2D eigenvalue weighted by Gasteiger charge is 2.43. The highest BCUT2D eigenvalue weighted by atomic mass is 16.2. The lowest BCUT2D eigenvalue weighted by Gasteiger charge is -2.27. The van der Waals surface area contributed by atoms with Gasteiger partial charge in [0.1, 0.15) is 12.7 Å². The third kappa shape index (κ3) is 3.74. The van der Waals surface area contributed by atoms with E-state index >= 15 is 0 Å². The van der Waals surface area contributed by atoms with Crippen molar-refractivity contribution in [3.05, 3.63) is 12.7 Å². The molecule has 0 radical (unpaired) electrons. The molecule has 0 saturated heterocycles. The van der Waals surface area contributed by atoms with E-state index in [1.807, 2.05) is 11.9 Å². The Balaban J connectivity index is 1.42. The number of hydrogen-bond donors (Lipinski definition) is 0. The number of carbonyl (C=O) groups is 1. The molecule has 1 aromatic heterocycles. The lowest BCUT2D eigenvalue weighted by molar-refractivity contribution is -0.132. The van der Waals surface area contributed by atoms with Gasteiger partial charge in [0.2, 0.25) is 5.91 Å². The quantitative estimate of drug-likeness (QED) is 0.800. The highest BCUT2D eigenvalue weighted by molar-refractivity contribution is 5.76. The van der Waals surface area contributed by atoms with Gasteiger partial charge in [-0.15, -0.1) is 0 Å². The van der Waals surface area contributed by atoms with Crippen LogP contribution < -0.4 is 0 Å².